The summed E-state index contributed by atoms with van der Waals surface area (Å²) >= 11 is 6.03. The van der Waals surface area contributed by atoms with Gasteiger partial charge < -0.3 is 14.9 Å². The molecule has 0 bridgehead atoms. The predicted molar refractivity (Wildman–Crippen MR) is 130 cm³/mol. The third-order valence-corrected chi connectivity index (χ3v) is 8.02. The molecule has 0 radical (unpaired) electrons. The van der Waals surface area contributed by atoms with Crippen molar-refractivity contribution in [3.63, 3.8) is 0 Å². The van der Waals surface area contributed by atoms with Crippen LogP contribution in [0.3, 0.4) is 0 Å². The van der Waals surface area contributed by atoms with Crippen molar-refractivity contribution >= 4 is 23.3 Å². The molecule has 2 heterocycles. The van der Waals surface area contributed by atoms with Crippen molar-refractivity contribution in [2.75, 3.05) is 19.6 Å². The monoisotopic (exact) mass is 463 g/mol. The number of carbonyl (C=O) groups excluding carboxylic acids is 1. The van der Waals surface area contributed by atoms with Crippen molar-refractivity contribution in [2.45, 2.75) is 50.3 Å². The molecule has 2 saturated carbocycles. The minimum Gasteiger partial charge on any atom is -0.371 e. The van der Waals surface area contributed by atoms with E-state index in [4.69, 9.17) is 16.6 Å². The third-order valence-electron chi connectivity index (χ3n) is 7.77. The van der Waals surface area contributed by atoms with E-state index in [1.807, 2.05) is 24.3 Å². The number of aliphatic imine (C=N–C) groups is 1. The molecular formula is C27H30ClN3O2. The minimum atomic E-state index is -0.547. The van der Waals surface area contributed by atoms with Gasteiger partial charge in [0.15, 0.2) is 6.23 Å². The summed E-state index contributed by atoms with van der Waals surface area (Å²) in [6, 6.07) is 16.3. The third kappa shape index (κ3) is 4.06. The topological polar surface area (TPSA) is 56.1 Å². The Morgan fingerprint density at radius 3 is 2.09 bits per heavy atom. The Labute approximate surface area is 200 Å². The van der Waals surface area contributed by atoms with E-state index in [9.17, 15) is 9.90 Å². The minimum absolute atomic E-state index is 0.297. The van der Waals surface area contributed by atoms with E-state index in [1.54, 1.807) is 0 Å². The Balaban J connectivity index is 1.17. The number of halogens is 1. The molecule has 0 aromatic heterocycles. The zero-order chi connectivity index (χ0) is 22.6. The van der Waals surface area contributed by atoms with Crippen LogP contribution < -0.4 is 0 Å². The smallest absolute Gasteiger partial charge is 0.225 e. The zero-order valence-electron chi connectivity index (χ0n) is 18.8. The number of nitrogens with zero attached hydrogens (tertiary/aromatic N) is 3. The van der Waals surface area contributed by atoms with E-state index in [-0.39, 0.29) is 5.54 Å². The molecular weight excluding hydrogens is 434 g/mol. The van der Waals surface area contributed by atoms with Gasteiger partial charge >= 0.3 is 0 Å². The molecule has 5 nitrogen and oxygen atoms in total. The first-order chi connectivity index (χ1) is 16.0. The molecule has 1 spiro atoms. The molecule has 33 heavy (non-hydrogen) atoms. The lowest BCUT2D eigenvalue weighted by atomic mass is 9.95. The fraction of sp³-hybridized carbons (Fsp3) is 0.481. The predicted octanol–water partition coefficient (Wildman–Crippen LogP) is 4.57. The van der Waals surface area contributed by atoms with E-state index in [0.717, 1.165) is 85.7 Å². The Bertz CT molecular complexity index is 1070. The molecule has 172 valence electrons. The average Bonchev–Trinajstić information content (AvgIpc) is 3.77. The summed E-state index contributed by atoms with van der Waals surface area (Å²) in [5.41, 5.74) is 3.00. The standard InChI is InChI=1S/C27H30ClN3O2/c28-23-9-7-20(8-10-23)19-1-3-21(4-2-19)24-29-27(13-14-27)26(33)31(24)17-18-11-15-30(16-12-18)25(32)22-5-6-22/h1-4,7-10,18,22,26,33H,5-6,11-17H2. The van der Waals surface area contributed by atoms with Crippen molar-refractivity contribution in [2.24, 2.45) is 16.8 Å². The largest absolute Gasteiger partial charge is 0.371 e. The summed E-state index contributed by atoms with van der Waals surface area (Å²) in [5, 5.41) is 11.9. The first-order valence-corrected chi connectivity index (χ1v) is 12.6. The SMILES string of the molecule is O=C(C1CC1)N1CCC(CN2C(c3ccc(-c4ccc(Cl)cc4)cc3)=NC3(CC3)C2O)CC1. The first kappa shape index (κ1) is 21.2. The lowest BCUT2D eigenvalue weighted by molar-refractivity contribution is -0.134. The Morgan fingerprint density at radius 1 is 0.939 bits per heavy atom. The number of amidine groups is 1. The Hall–Kier alpha value is -2.37. The van der Waals surface area contributed by atoms with Crippen molar-refractivity contribution in [1.82, 2.24) is 9.80 Å². The van der Waals surface area contributed by atoms with E-state index < -0.39 is 6.23 Å². The molecule has 2 aromatic rings. The fourth-order valence-corrected chi connectivity index (χ4v) is 5.44. The van der Waals surface area contributed by atoms with Crippen LogP contribution in [-0.4, -0.2) is 58.1 Å². The number of benzene rings is 2. The van der Waals surface area contributed by atoms with Crippen LogP contribution in [0.1, 0.15) is 44.1 Å². The molecule has 1 atom stereocenters. The van der Waals surface area contributed by atoms with Gasteiger partial charge in [-0.05, 0) is 67.7 Å². The average molecular weight is 464 g/mol. The Morgan fingerprint density at radius 2 is 1.52 bits per heavy atom. The normalized spacial score (nSPS) is 24.3. The number of amides is 1. The molecule has 2 aromatic carbocycles. The van der Waals surface area contributed by atoms with Crippen LogP contribution in [-0.2, 0) is 4.79 Å². The van der Waals surface area contributed by atoms with Gasteiger partial charge in [-0.3, -0.25) is 9.79 Å². The highest BCUT2D eigenvalue weighted by molar-refractivity contribution is 6.30. The van der Waals surface area contributed by atoms with Crippen molar-refractivity contribution in [3.05, 3.63) is 59.1 Å². The highest BCUT2D eigenvalue weighted by Gasteiger charge is 2.57. The van der Waals surface area contributed by atoms with Crippen LogP contribution >= 0.6 is 11.6 Å². The number of carbonyl (C=O) groups is 1. The maximum absolute atomic E-state index is 12.4. The first-order valence-electron chi connectivity index (χ1n) is 12.2. The molecule has 4 aliphatic rings. The molecule has 1 amide bonds. The summed E-state index contributed by atoms with van der Waals surface area (Å²) in [7, 11) is 0. The fourth-order valence-electron chi connectivity index (χ4n) is 5.31. The lowest BCUT2D eigenvalue weighted by Gasteiger charge is -2.36. The van der Waals surface area contributed by atoms with E-state index in [0.29, 0.717) is 17.7 Å². The van der Waals surface area contributed by atoms with Crippen LogP contribution in [0.2, 0.25) is 5.02 Å². The highest BCUT2D eigenvalue weighted by atomic mass is 35.5. The second-order valence-electron chi connectivity index (χ2n) is 10.2. The number of rotatable bonds is 5. The van der Waals surface area contributed by atoms with Gasteiger partial charge in [-0.25, -0.2) is 0 Å². The van der Waals surface area contributed by atoms with Crippen LogP contribution in [0, 0.1) is 11.8 Å². The van der Waals surface area contributed by atoms with Crippen LogP contribution in [0.25, 0.3) is 11.1 Å². The van der Waals surface area contributed by atoms with Gasteiger partial charge in [-0.15, -0.1) is 0 Å². The van der Waals surface area contributed by atoms with Crippen molar-refractivity contribution < 1.29 is 9.90 Å². The van der Waals surface area contributed by atoms with E-state index in [1.165, 1.54) is 0 Å². The van der Waals surface area contributed by atoms with Crippen molar-refractivity contribution in [1.29, 1.82) is 0 Å². The number of hydrogen-bond acceptors (Lipinski definition) is 4. The molecule has 1 unspecified atom stereocenters. The molecule has 2 aliphatic carbocycles. The molecule has 1 N–H and O–H groups in total. The number of piperidine rings is 1. The summed E-state index contributed by atoms with van der Waals surface area (Å²) < 4.78 is 0. The molecule has 2 aliphatic heterocycles. The van der Waals surface area contributed by atoms with Crippen LogP contribution in [0.4, 0.5) is 0 Å². The summed E-state index contributed by atoms with van der Waals surface area (Å²) in [6.45, 7) is 2.49. The van der Waals surface area contributed by atoms with Gasteiger partial charge in [0, 0.05) is 36.1 Å². The number of aliphatic hydroxyl groups excluding tert-OH is 1. The van der Waals surface area contributed by atoms with E-state index >= 15 is 0 Å². The number of aliphatic hydroxyl groups is 1. The summed E-state index contributed by atoms with van der Waals surface area (Å²) in [5.74, 6) is 2.04. The van der Waals surface area contributed by atoms with Gasteiger partial charge in [0.05, 0.1) is 0 Å². The molecule has 3 fully saturated rings. The van der Waals surface area contributed by atoms with Gasteiger partial charge in [0.25, 0.3) is 0 Å². The second-order valence-corrected chi connectivity index (χ2v) is 10.6. The number of hydrogen-bond donors (Lipinski definition) is 1. The molecule has 6 heteroatoms. The van der Waals surface area contributed by atoms with Crippen LogP contribution in [0.5, 0.6) is 0 Å². The van der Waals surface area contributed by atoms with Gasteiger partial charge in [-0.1, -0.05) is 48.0 Å². The highest BCUT2D eigenvalue weighted by Crippen LogP contribution is 2.49. The summed E-state index contributed by atoms with van der Waals surface area (Å²) in [6.07, 6.45) is 5.48. The van der Waals surface area contributed by atoms with Gasteiger partial charge in [0.1, 0.15) is 11.4 Å². The summed E-state index contributed by atoms with van der Waals surface area (Å²) in [4.78, 5) is 21.6. The molecule has 6 rings (SSSR count). The van der Waals surface area contributed by atoms with E-state index in [2.05, 4.69) is 34.1 Å². The van der Waals surface area contributed by atoms with Gasteiger partial charge in [0.2, 0.25) is 5.91 Å². The number of likely N-dealkylation sites (tertiary alicyclic amines) is 1. The van der Waals surface area contributed by atoms with Crippen LogP contribution in [0.15, 0.2) is 53.5 Å². The maximum atomic E-state index is 12.4. The van der Waals surface area contributed by atoms with Crippen molar-refractivity contribution in [3.8, 4) is 11.1 Å². The maximum Gasteiger partial charge on any atom is 0.225 e. The molecule has 1 saturated heterocycles. The zero-order valence-corrected chi connectivity index (χ0v) is 19.5. The Kier molecular flexibility index (Phi) is 5.22. The lowest BCUT2D eigenvalue weighted by Crippen LogP contribution is -2.46. The quantitative estimate of drug-likeness (QED) is 0.706. The second kappa shape index (κ2) is 8.14. The van der Waals surface area contributed by atoms with Gasteiger partial charge in [-0.2, -0.15) is 0 Å².